The highest BCUT2D eigenvalue weighted by molar-refractivity contribution is 7.92. The zero-order chi connectivity index (χ0) is 24.7. The van der Waals surface area contributed by atoms with Gasteiger partial charge in [0.1, 0.15) is 6.54 Å². The summed E-state index contributed by atoms with van der Waals surface area (Å²) >= 11 is 0. The molecule has 3 aromatic carbocycles. The van der Waals surface area contributed by atoms with Crippen molar-refractivity contribution in [1.29, 1.82) is 0 Å². The van der Waals surface area contributed by atoms with Gasteiger partial charge in [-0.25, -0.2) is 18.6 Å². The molecule has 0 aliphatic carbocycles. The highest BCUT2D eigenvalue weighted by Gasteiger charge is 2.28. The summed E-state index contributed by atoms with van der Waals surface area (Å²) < 4.78 is 32.6. The van der Waals surface area contributed by atoms with E-state index in [1.165, 1.54) is 25.5 Å². The van der Waals surface area contributed by atoms with Crippen LogP contribution in [-0.2, 0) is 19.6 Å². The first-order valence-corrected chi connectivity index (χ1v) is 11.8. The van der Waals surface area contributed by atoms with E-state index in [1.54, 1.807) is 54.6 Å². The first-order valence-electron chi connectivity index (χ1n) is 10.4. The number of hydrogen-bond donors (Lipinski definition) is 1. The van der Waals surface area contributed by atoms with Gasteiger partial charge in [-0.2, -0.15) is 5.10 Å². The monoisotopic (exact) mass is 479 g/mol. The topological polar surface area (TPSA) is 105 Å². The number of ether oxygens (including phenoxy) is 1. The predicted molar refractivity (Wildman–Crippen MR) is 130 cm³/mol. The maximum atomic E-state index is 13.4. The number of esters is 1. The molecule has 3 rings (SSSR count). The third-order valence-corrected chi connectivity index (χ3v) is 6.97. The van der Waals surface area contributed by atoms with Crippen LogP contribution in [0.3, 0.4) is 0 Å². The lowest BCUT2D eigenvalue weighted by Crippen LogP contribution is -2.40. The highest BCUT2D eigenvalue weighted by atomic mass is 32.2. The number of methoxy groups -OCH3 is 1. The number of carbonyl (C=O) groups is 2. The van der Waals surface area contributed by atoms with Crippen LogP contribution in [0.25, 0.3) is 0 Å². The van der Waals surface area contributed by atoms with Crippen molar-refractivity contribution in [3.8, 4) is 0 Å². The van der Waals surface area contributed by atoms with Crippen molar-refractivity contribution >= 4 is 33.8 Å². The lowest BCUT2D eigenvalue weighted by atomic mass is 10.1. The number of hydrazone groups is 1. The normalized spacial score (nSPS) is 11.3. The van der Waals surface area contributed by atoms with E-state index >= 15 is 0 Å². The average Bonchev–Trinajstić information content (AvgIpc) is 2.85. The predicted octanol–water partition coefficient (Wildman–Crippen LogP) is 3.44. The molecule has 9 heteroatoms. The van der Waals surface area contributed by atoms with E-state index in [4.69, 9.17) is 0 Å². The van der Waals surface area contributed by atoms with Crippen molar-refractivity contribution in [1.82, 2.24) is 5.43 Å². The molecule has 8 nitrogen and oxygen atoms in total. The van der Waals surface area contributed by atoms with E-state index < -0.39 is 28.4 Å². The summed E-state index contributed by atoms with van der Waals surface area (Å²) in [5.74, 6) is -1.06. The summed E-state index contributed by atoms with van der Waals surface area (Å²) in [5, 5.41) is 3.92. The van der Waals surface area contributed by atoms with Gasteiger partial charge in [0.2, 0.25) is 0 Å². The third kappa shape index (κ3) is 5.68. The lowest BCUT2D eigenvalue weighted by molar-refractivity contribution is -0.119. The van der Waals surface area contributed by atoms with Gasteiger partial charge >= 0.3 is 5.97 Å². The van der Waals surface area contributed by atoms with Gasteiger partial charge < -0.3 is 4.74 Å². The summed E-state index contributed by atoms with van der Waals surface area (Å²) in [4.78, 5) is 24.3. The fourth-order valence-electron chi connectivity index (χ4n) is 3.19. The molecule has 0 atom stereocenters. The van der Waals surface area contributed by atoms with E-state index in [0.29, 0.717) is 16.8 Å². The van der Waals surface area contributed by atoms with Crippen LogP contribution in [0.4, 0.5) is 5.69 Å². The summed E-state index contributed by atoms with van der Waals surface area (Å²) in [6.07, 6.45) is 1.40. The Morgan fingerprint density at radius 2 is 1.65 bits per heavy atom. The summed E-state index contributed by atoms with van der Waals surface area (Å²) in [6.45, 7) is 3.23. The second-order valence-corrected chi connectivity index (χ2v) is 9.31. The third-order valence-electron chi connectivity index (χ3n) is 5.20. The van der Waals surface area contributed by atoms with E-state index in [0.717, 1.165) is 15.4 Å². The minimum atomic E-state index is -4.00. The Morgan fingerprint density at radius 3 is 2.29 bits per heavy atom. The van der Waals surface area contributed by atoms with Gasteiger partial charge in [0.25, 0.3) is 15.9 Å². The average molecular weight is 480 g/mol. The minimum absolute atomic E-state index is 0.0814. The molecule has 0 fully saturated rings. The molecule has 1 amide bonds. The number of hydrogen-bond acceptors (Lipinski definition) is 6. The maximum Gasteiger partial charge on any atom is 0.337 e. The Kier molecular flexibility index (Phi) is 7.80. The number of sulfonamides is 1. The van der Waals surface area contributed by atoms with Crippen molar-refractivity contribution in [3.63, 3.8) is 0 Å². The van der Waals surface area contributed by atoms with Crippen molar-refractivity contribution in [2.45, 2.75) is 18.7 Å². The summed E-state index contributed by atoms with van der Waals surface area (Å²) in [7, 11) is -2.71. The Balaban J connectivity index is 1.81. The Labute approximate surface area is 198 Å². The van der Waals surface area contributed by atoms with Crippen LogP contribution in [0.15, 0.2) is 82.8 Å². The first-order chi connectivity index (χ1) is 16.2. The molecule has 3 aromatic rings. The number of rotatable bonds is 8. The van der Waals surface area contributed by atoms with Crippen LogP contribution >= 0.6 is 0 Å². The largest absolute Gasteiger partial charge is 0.465 e. The summed E-state index contributed by atoms with van der Waals surface area (Å²) in [6, 6.07) is 19.7. The van der Waals surface area contributed by atoms with Crippen molar-refractivity contribution in [2.75, 3.05) is 18.0 Å². The molecule has 0 saturated heterocycles. The Morgan fingerprint density at radius 1 is 0.971 bits per heavy atom. The smallest absolute Gasteiger partial charge is 0.337 e. The van der Waals surface area contributed by atoms with Crippen LogP contribution in [0, 0.1) is 13.8 Å². The number of carbonyl (C=O) groups excluding carboxylic acids is 2. The molecule has 0 radical (unpaired) electrons. The molecule has 0 aromatic heterocycles. The van der Waals surface area contributed by atoms with Gasteiger partial charge in [0.05, 0.1) is 29.5 Å². The van der Waals surface area contributed by atoms with Crippen LogP contribution < -0.4 is 9.73 Å². The fourth-order valence-corrected chi connectivity index (χ4v) is 4.69. The van der Waals surface area contributed by atoms with Gasteiger partial charge in [-0.05, 0) is 60.9 Å². The zero-order valence-corrected chi connectivity index (χ0v) is 19.9. The maximum absolute atomic E-state index is 13.4. The first kappa shape index (κ1) is 24.7. The molecule has 176 valence electrons. The second-order valence-electron chi connectivity index (χ2n) is 7.45. The van der Waals surface area contributed by atoms with Crippen LogP contribution in [0.2, 0.25) is 0 Å². The zero-order valence-electron chi connectivity index (χ0n) is 19.1. The van der Waals surface area contributed by atoms with E-state index in [-0.39, 0.29) is 4.90 Å². The number of nitrogens with one attached hydrogen (secondary N) is 1. The van der Waals surface area contributed by atoms with E-state index in [9.17, 15) is 18.0 Å². The molecule has 0 bridgehead atoms. The van der Waals surface area contributed by atoms with Gasteiger partial charge in [-0.1, -0.05) is 42.5 Å². The standard InChI is InChI=1S/C25H25N3O5S/c1-18-8-7-11-23(19(18)2)28(34(31,32)22-9-5-4-6-10-22)17-24(29)27-26-16-20-12-14-21(15-13-20)25(30)33-3/h4-16H,17H2,1-3H3,(H,27,29)/b26-16-. The second kappa shape index (κ2) is 10.8. The molecular formula is C25H25N3O5S. The number of aryl methyl sites for hydroxylation is 1. The molecule has 0 heterocycles. The quantitative estimate of drug-likeness (QED) is 0.303. The SMILES string of the molecule is COC(=O)c1ccc(/C=N\NC(=O)CN(c2cccc(C)c2C)S(=O)(=O)c2ccccc2)cc1. The van der Waals surface area contributed by atoms with Crippen molar-refractivity contribution < 1.29 is 22.7 Å². The van der Waals surface area contributed by atoms with Crippen LogP contribution in [-0.4, -0.2) is 40.2 Å². The Bertz CT molecular complexity index is 1300. The van der Waals surface area contributed by atoms with E-state index in [2.05, 4.69) is 15.3 Å². The van der Waals surface area contributed by atoms with E-state index in [1.807, 2.05) is 19.9 Å². The van der Waals surface area contributed by atoms with Crippen molar-refractivity contribution in [2.24, 2.45) is 5.10 Å². The molecule has 1 N–H and O–H groups in total. The van der Waals surface area contributed by atoms with Gasteiger partial charge in [-0.15, -0.1) is 0 Å². The molecule has 34 heavy (non-hydrogen) atoms. The number of amides is 1. The van der Waals surface area contributed by atoms with Gasteiger partial charge in [0, 0.05) is 0 Å². The van der Waals surface area contributed by atoms with Crippen molar-refractivity contribution in [3.05, 3.63) is 95.1 Å². The molecular weight excluding hydrogens is 454 g/mol. The van der Waals surface area contributed by atoms with Gasteiger partial charge in [-0.3, -0.25) is 9.10 Å². The molecule has 0 aliphatic rings. The molecule has 0 saturated carbocycles. The molecule has 0 aliphatic heterocycles. The Hall–Kier alpha value is -3.98. The molecule has 0 unspecified atom stereocenters. The fraction of sp³-hybridized carbons (Fsp3) is 0.160. The molecule has 0 spiro atoms. The summed E-state index contributed by atoms with van der Waals surface area (Å²) in [5.41, 5.74) is 5.47. The van der Waals surface area contributed by atoms with Crippen LogP contribution in [0.5, 0.6) is 0 Å². The number of benzene rings is 3. The highest BCUT2D eigenvalue weighted by Crippen LogP contribution is 2.28. The van der Waals surface area contributed by atoms with Gasteiger partial charge in [0.15, 0.2) is 0 Å². The van der Waals surface area contributed by atoms with Crippen LogP contribution in [0.1, 0.15) is 27.0 Å². The number of nitrogens with zero attached hydrogens (tertiary/aromatic N) is 2. The lowest BCUT2D eigenvalue weighted by Gasteiger charge is -2.26. The minimum Gasteiger partial charge on any atom is -0.465 e. The number of anilines is 1.